The lowest BCUT2D eigenvalue weighted by Crippen LogP contribution is -2.56. The van der Waals surface area contributed by atoms with Gasteiger partial charge in [0.1, 0.15) is 4.90 Å². The van der Waals surface area contributed by atoms with Crippen LogP contribution in [-0.4, -0.2) is 25.7 Å². The standard InChI is InChI=1S/C12H18N2O3S/c1-9-4-2-5-10(13)11(9)18(16,17)14-12(8-15)6-3-7-12/h2,4-5,14-15H,3,6-8,13H2,1H3. The van der Waals surface area contributed by atoms with Crippen LogP contribution in [0.25, 0.3) is 0 Å². The van der Waals surface area contributed by atoms with Crippen molar-refractivity contribution in [2.45, 2.75) is 36.6 Å². The molecular formula is C12H18N2O3S. The van der Waals surface area contributed by atoms with Crippen LogP contribution < -0.4 is 10.5 Å². The van der Waals surface area contributed by atoms with Crippen LogP contribution in [0.5, 0.6) is 0 Å². The quantitative estimate of drug-likeness (QED) is 0.705. The van der Waals surface area contributed by atoms with Crippen LogP contribution in [0, 0.1) is 6.92 Å². The maximum Gasteiger partial charge on any atom is 0.243 e. The lowest BCUT2D eigenvalue weighted by atomic mass is 9.78. The Balaban J connectivity index is 2.37. The highest BCUT2D eigenvalue weighted by molar-refractivity contribution is 7.89. The molecule has 0 heterocycles. The minimum absolute atomic E-state index is 0.115. The molecule has 0 bridgehead atoms. The number of nitrogens with one attached hydrogen (secondary N) is 1. The number of aliphatic hydroxyl groups is 1. The molecule has 1 saturated carbocycles. The van der Waals surface area contributed by atoms with Gasteiger partial charge in [-0.1, -0.05) is 12.1 Å². The van der Waals surface area contributed by atoms with E-state index in [1.165, 1.54) is 0 Å². The summed E-state index contributed by atoms with van der Waals surface area (Å²) in [5.74, 6) is 0. The van der Waals surface area contributed by atoms with Crippen LogP contribution in [-0.2, 0) is 10.0 Å². The molecule has 0 saturated heterocycles. The van der Waals surface area contributed by atoms with Crippen molar-refractivity contribution in [2.75, 3.05) is 12.3 Å². The summed E-state index contributed by atoms with van der Waals surface area (Å²) in [6.45, 7) is 1.52. The van der Waals surface area contributed by atoms with Crippen LogP contribution in [0.1, 0.15) is 24.8 Å². The first-order chi connectivity index (χ1) is 8.40. The van der Waals surface area contributed by atoms with E-state index in [0.717, 1.165) is 6.42 Å². The van der Waals surface area contributed by atoms with Gasteiger partial charge in [0.2, 0.25) is 10.0 Å². The zero-order valence-electron chi connectivity index (χ0n) is 10.3. The highest BCUT2D eigenvalue weighted by atomic mass is 32.2. The van der Waals surface area contributed by atoms with E-state index in [0.29, 0.717) is 18.4 Å². The number of aliphatic hydroxyl groups excluding tert-OH is 1. The van der Waals surface area contributed by atoms with Gasteiger partial charge in [-0.25, -0.2) is 13.1 Å². The van der Waals surface area contributed by atoms with Gasteiger partial charge < -0.3 is 10.8 Å². The molecule has 0 spiro atoms. The van der Waals surface area contributed by atoms with Gasteiger partial charge in [0.25, 0.3) is 0 Å². The normalized spacial score (nSPS) is 18.3. The Bertz CT molecular complexity index is 525. The number of hydrogen-bond donors (Lipinski definition) is 3. The predicted molar refractivity (Wildman–Crippen MR) is 69.6 cm³/mol. The average Bonchev–Trinajstić information content (AvgIpc) is 2.23. The monoisotopic (exact) mass is 270 g/mol. The molecule has 18 heavy (non-hydrogen) atoms. The predicted octanol–water partition coefficient (Wildman–Crippen LogP) is 0.771. The molecule has 0 amide bonds. The fourth-order valence-electron chi connectivity index (χ4n) is 2.27. The van der Waals surface area contributed by atoms with Crippen molar-refractivity contribution in [3.05, 3.63) is 23.8 Å². The molecule has 0 atom stereocenters. The Hall–Kier alpha value is -1.11. The minimum Gasteiger partial charge on any atom is -0.398 e. The second-order valence-corrected chi connectivity index (χ2v) is 6.51. The maximum atomic E-state index is 12.3. The topological polar surface area (TPSA) is 92.4 Å². The Labute approximate surface area is 107 Å². The molecule has 0 aromatic heterocycles. The zero-order chi connectivity index (χ0) is 13.4. The third kappa shape index (κ3) is 2.23. The van der Waals surface area contributed by atoms with E-state index in [1.54, 1.807) is 25.1 Å². The lowest BCUT2D eigenvalue weighted by molar-refractivity contribution is 0.110. The molecule has 0 unspecified atom stereocenters. The van der Waals surface area contributed by atoms with Crippen molar-refractivity contribution in [3.8, 4) is 0 Å². The van der Waals surface area contributed by atoms with Gasteiger partial charge in [0, 0.05) is 0 Å². The molecule has 2 rings (SSSR count). The number of aryl methyl sites for hydroxylation is 1. The van der Waals surface area contributed by atoms with Crippen molar-refractivity contribution in [1.29, 1.82) is 0 Å². The Morgan fingerprint density at radius 1 is 1.44 bits per heavy atom. The van der Waals surface area contributed by atoms with Crippen LogP contribution >= 0.6 is 0 Å². The first-order valence-corrected chi connectivity index (χ1v) is 7.38. The summed E-state index contributed by atoms with van der Waals surface area (Å²) >= 11 is 0. The van der Waals surface area contributed by atoms with Crippen LogP contribution in [0.4, 0.5) is 5.69 Å². The van der Waals surface area contributed by atoms with Gasteiger partial charge in [0.05, 0.1) is 17.8 Å². The van der Waals surface area contributed by atoms with Gasteiger partial charge in [-0.2, -0.15) is 0 Å². The Morgan fingerprint density at radius 2 is 2.11 bits per heavy atom. The molecule has 0 aliphatic heterocycles. The fraction of sp³-hybridized carbons (Fsp3) is 0.500. The van der Waals surface area contributed by atoms with Gasteiger partial charge in [-0.15, -0.1) is 0 Å². The van der Waals surface area contributed by atoms with Gasteiger partial charge in [-0.3, -0.25) is 0 Å². The molecule has 4 N–H and O–H groups in total. The van der Waals surface area contributed by atoms with E-state index in [-0.39, 0.29) is 17.2 Å². The number of benzene rings is 1. The fourth-order valence-corrected chi connectivity index (χ4v) is 4.09. The highest BCUT2D eigenvalue weighted by Crippen LogP contribution is 2.34. The summed E-state index contributed by atoms with van der Waals surface area (Å²) in [4.78, 5) is 0.115. The van der Waals surface area contributed by atoms with E-state index in [2.05, 4.69) is 4.72 Å². The minimum atomic E-state index is -3.69. The van der Waals surface area contributed by atoms with Crippen LogP contribution in [0.3, 0.4) is 0 Å². The largest absolute Gasteiger partial charge is 0.398 e. The van der Waals surface area contributed by atoms with E-state index >= 15 is 0 Å². The highest BCUT2D eigenvalue weighted by Gasteiger charge is 2.40. The molecule has 1 aromatic rings. The number of nitrogens with two attached hydrogens (primary N) is 1. The molecular weight excluding hydrogens is 252 g/mol. The summed E-state index contributed by atoms with van der Waals surface area (Å²) in [5, 5.41) is 9.33. The molecule has 1 aliphatic rings. The first kappa shape index (κ1) is 13.3. The van der Waals surface area contributed by atoms with Gasteiger partial charge in [-0.05, 0) is 37.8 Å². The van der Waals surface area contributed by atoms with Crippen LogP contribution in [0.15, 0.2) is 23.1 Å². The number of hydrogen-bond acceptors (Lipinski definition) is 4. The summed E-state index contributed by atoms with van der Waals surface area (Å²) in [6, 6.07) is 4.99. The second kappa shape index (κ2) is 4.53. The third-order valence-electron chi connectivity index (χ3n) is 3.48. The van der Waals surface area contributed by atoms with Gasteiger partial charge >= 0.3 is 0 Å². The van der Waals surface area contributed by atoms with Crippen molar-refractivity contribution in [3.63, 3.8) is 0 Å². The van der Waals surface area contributed by atoms with E-state index in [9.17, 15) is 13.5 Å². The molecule has 1 aliphatic carbocycles. The lowest BCUT2D eigenvalue weighted by Gasteiger charge is -2.40. The summed E-state index contributed by atoms with van der Waals surface area (Å²) in [7, 11) is -3.69. The molecule has 1 fully saturated rings. The number of sulfonamides is 1. The van der Waals surface area contributed by atoms with E-state index < -0.39 is 15.6 Å². The van der Waals surface area contributed by atoms with Crippen LogP contribution in [0.2, 0.25) is 0 Å². The van der Waals surface area contributed by atoms with Gasteiger partial charge in [0.15, 0.2) is 0 Å². The van der Waals surface area contributed by atoms with Crippen molar-refractivity contribution >= 4 is 15.7 Å². The number of anilines is 1. The Morgan fingerprint density at radius 3 is 2.56 bits per heavy atom. The molecule has 6 heteroatoms. The summed E-state index contributed by atoms with van der Waals surface area (Å²) < 4.78 is 27.3. The van der Waals surface area contributed by atoms with Crippen molar-refractivity contribution in [2.24, 2.45) is 0 Å². The summed E-state index contributed by atoms with van der Waals surface area (Å²) in [5.41, 5.74) is 5.88. The molecule has 5 nitrogen and oxygen atoms in total. The summed E-state index contributed by atoms with van der Waals surface area (Å²) in [6.07, 6.45) is 2.25. The third-order valence-corrected chi connectivity index (χ3v) is 5.27. The molecule has 1 aromatic carbocycles. The first-order valence-electron chi connectivity index (χ1n) is 5.90. The average molecular weight is 270 g/mol. The maximum absolute atomic E-state index is 12.3. The second-order valence-electron chi connectivity index (χ2n) is 4.89. The molecule has 0 radical (unpaired) electrons. The number of rotatable bonds is 4. The zero-order valence-corrected chi connectivity index (χ0v) is 11.1. The van der Waals surface area contributed by atoms with Crippen molar-refractivity contribution < 1.29 is 13.5 Å². The Kier molecular flexibility index (Phi) is 3.35. The number of nitrogen functional groups attached to an aromatic ring is 1. The van der Waals surface area contributed by atoms with Crippen molar-refractivity contribution in [1.82, 2.24) is 4.72 Å². The van der Waals surface area contributed by atoms with E-state index in [1.807, 2.05) is 0 Å². The van der Waals surface area contributed by atoms with E-state index in [4.69, 9.17) is 5.73 Å². The molecule has 100 valence electrons. The smallest absolute Gasteiger partial charge is 0.243 e. The SMILES string of the molecule is Cc1cccc(N)c1S(=O)(=O)NC1(CO)CCC1.